The van der Waals surface area contributed by atoms with E-state index in [1.807, 2.05) is 6.07 Å². The average molecular weight is 369 g/mol. The van der Waals surface area contributed by atoms with Gasteiger partial charge in [0, 0.05) is 14.2 Å². The molecule has 1 aromatic heterocycles. The lowest BCUT2D eigenvalue weighted by molar-refractivity contribution is 1.14. The fourth-order valence-electron chi connectivity index (χ4n) is 0.541. The van der Waals surface area contributed by atoms with Gasteiger partial charge in [-0.05, 0) is 44.6 Å². The first-order valence-electron chi connectivity index (χ1n) is 2.60. The van der Waals surface area contributed by atoms with E-state index >= 15 is 0 Å². The molecular formula is C6H5BrCl2IN. The van der Waals surface area contributed by atoms with E-state index < -0.39 is 0 Å². The molecule has 62 valence electrons. The molecule has 0 aliphatic rings. The minimum absolute atomic E-state index is 0. The van der Waals surface area contributed by atoms with Crippen LogP contribution in [0, 0.1) is 3.57 Å². The summed E-state index contributed by atoms with van der Waals surface area (Å²) in [7, 11) is 0. The molecule has 5 heteroatoms. The Balaban J connectivity index is 0.000001000. The van der Waals surface area contributed by atoms with Crippen molar-refractivity contribution in [1.29, 1.82) is 0 Å². The highest BCUT2D eigenvalue weighted by molar-refractivity contribution is 14.1. The predicted molar refractivity (Wildman–Crippen MR) is 61.5 cm³/mol. The van der Waals surface area contributed by atoms with E-state index in [0.29, 0.717) is 5.88 Å². The van der Waals surface area contributed by atoms with Crippen molar-refractivity contribution in [3.63, 3.8) is 0 Å². The van der Waals surface area contributed by atoms with Crippen LogP contribution in [-0.2, 0) is 5.88 Å². The molecule has 0 aliphatic carbocycles. The number of halogens is 4. The topological polar surface area (TPSA) is 12.9 Å². The summed E-state index contributed by atoms with van der Waals surface area (Å²) in [4.78, 5) is 4.11. The van der Waals surface area contributed by atoms with Crippen LogP contribution >= 0.6 is 62.5 Å². The molecule has 0 aromatic carbocycles. The van der Waals surface area contributed by atoms with Crippen LogP contribution in [0.3, 0.4) is 0 Å². The molecule has 0 aliphatic heterocycles. The minimum Gasteiger partial charge on any atom is -0.258 e. The Labute approximate surface area is 98.6 Å². The lowest BCUT2D eigenvalue weighted by atomic mass is 10.4. The molecule has 1 nitrogen and oxygen atoms in total. The number of hydrogen-bond acceptors (Lipinski definition) is 1. The molecule has 1 heterocycles. The highest BCUT2D eigenvalue weighted by Gasteiger charge is 1.98. The predicted octanol–water partition coefficient (Wildman–Crippen LogP) is 3.61. The van der Waals surface area contributed by atoms with Crippen LogP contribution in [0.4, 0.5) is 0 Å². The first-order chi connectivity index (χ1) is 4.74. The summed E-state index contributed by atoms with van der Waals surface area (Å²) in [6, 6.07) is 1.99. The number of rotatable bonds is 1. The molecule has 0 amide bonds. The van der Waals surface area contributed by atoms with E-state index in [1.54, 1.807) is 6.20 Å². The summed E-state index contributed by atoms with van der Waals surface area (Å²) >= 11 is 11.1. The summed E-state index contributed by atoms with van der Waals surface area (Å²) in [5.74, 6) is 0.478. The largest absolute Gasteiger partial charge is 0.258 e. The normalized spacial score (nSPS) is 9.00. The summed E-state index contributed by atoms with van der Waals surface area (Å²) in [6.45, 7) is 0. The molecule has 0 spiro atoms. The zero-order valence-corrected chi connectivity index (χ0v) is 10.7. The Bertz CT molecular complexity index is 244. The van der Waals surface area contributed by atoms with Crippen LogP contribution in [0.15, 0.2) is 16.7 Å². The highest BCUT2D eigenvalue weighted by Crippen LogP contribution is 2.16. The maximum Gasteiger partial charge on any atom is 0.0685 e. The van der Waals surface area contributed by atoms with Crippen LogP contribution in [0.25, 0.3) is 0 Å². The number of nitrogens with zero attached hydrogens (tertiary/aromatic N) is 1. The van der Waals surface area contributed by atoms with E-state index in [9.17, 15) is 0 Å². The van der Waals surface area contributed by atoms with E-state index in [1.165, 1.54) is 0 Å². The smallest absolute Gasteiger partial charge is 0.0685 e. The van der Waals surface area contributed by atoms with Crippen molar-refractivity contribution in [2.75, 3.05) is 0 Å². The zero-order chi connectivity index (χ0) is 7.56. The monoisotopic (exact) mass is 367 g/mol. The standard InChI is InChI=1S/C6H4BrClIN.ClH/c7-4-1-5(9)6(2-8)10-3-4;/h1,3H,2H2;1H. The summed E-state index contributed by atoms with van der Waals surface area (Å²) in [5, 5.41) is 0. The third-order valence-electron chi connectivity index (χ3n) is 1.01. The van der Waals surface area contributed by atoms with E-state index in [0.717, 1.165) is 13.7 Å². The first-order valence-corrected chi connectivity index (χ1v) is 5.00. The first kappa shape index (κ1) is 11.9. The Morgan fingerprint density at radius 1 is 1.64 bits per heavy atom. The highest BCUT2D eigenvalue weighted by atomic mass is 127. The SMILES string of the molecule is Cl.ClCc1ncc(Br)cc1I. The van der Waals surface area contributed by atoms with Gasteiger partial charge in [-0.15, -0.1) is 24.0 Å². The molecule has 0 saturated carbocycles. The van der Waals surface area contributed by atoms with Gasteiger partial charge in [0.2, 0.25) is 0 Å². The molecular weight excluding hydrogens is 364 g/mol. The number of hydrogen-bond donors (Lipinski definition) is 0. The average Bonchev–Trinajstić information content (AvgIpc) is 1.88. The van der Waals surface area contributed by atoms with Crippen molar-refractivity contribution in [3.05, 3.63) is 26.0 Å². The molecule has 0 radical (unpaired) electrons. The molecule has 0 atom stereocenters. The van der Waals surface area contributed by atoms with Crippen molar-refractivity contribution in [2.24, 2.45) is 0 Å². The van der Waals surface area contributed by atoms with E-state index in [4.69, 9.17) is 11.6 Å². The fraction of sp³-hybridized carbons (Fsp3) is 0.167. The fourth-order valence-corrected chi connectivity index (χ4v) is 2.40. The Hall–Kier alpha value is 0.940. The van der Waals surface area contributed by atoms with Crippen molar-refractivity contribution >= 4 is 62.5 Å². The van der Waals surface area contributed by atoms with E-state index in [2.05, 4.69) is 43.5 Å². The second-order valence-corrected chi connectivity index (χ2v) is 4.06. The molecule has 1 aromatic rings. The Kier molecular flexibility index (Phi) is 6.04. The lowest BCUT2D eigenvalue weighted by Gasteiger charge is -1.97. The molecule has 0 unspecified atom stereocenters. The molecule has 0 saturated heterocycles. The van der Waals surface area contributed by atoms with E-state index in [-0.39, 0.29) is 12.4 Å². The van der Waals surface area contributed by atoms with Gasteiger partial charge in [-0.3, -0.25) is 4.98 Å². The third kappa shape index (κ3) is 3.44. The molecule has 0 bridgehead atoms. The van der Waals surface area contributed by atoms with Crippen molar-refractivity contribution in [1.82, 2.24) is 4.98 Å². The van der Waals surface area contributed by atoms with Gasteiger partial charge < -0.3 is 0 Å². The third-order valence-corrected chi connectivity index (χ3v) is 2.63. The lowest BCUT2D eigenvalue weighted by Crippen LogP contribution is -1.88. The van der Waals surface area contributed by atoms with Crippen molar-refractivity contribution in [3.8, 4) is 0 Å². The molecule has 0 N–H and O–H groups in total. The van der Waals surface area contributed by atoms with Gasteiger partial charge >= 0.3 is 0 Å². The van der Waals surface area contributed by atoms with Crippen LogP contribution in [0.1, 0.15) is 5.69 Å². The zero-order valence-electron chi connectivity index (χ0n) is 5.35. The van der Waals surface area contributed by atoms with Gasteiger partial charge in [0.05, 0.1) is 11.6 Å². The van der Waals surface area contributed by atoms with Gasteiger partial charge in [-0.1, -0.05) is 0 Å². The van der Waals surface area contributed by atoms with Crippen LogP contribution in [0.2, 0.25) is 0 Å². The Morgan fingerprint density at radius 2 is 2.27 bits per heavy atom. The van der Waals surface area contributed by atoms with Crippen molar-refractivity contribution < 1.29 is 0 Å². The van der Waals surface area contributed by atoms with Gasteiger partial charge in [0.25, 0.3) is 0 Å². The van der Waals surface area contributed by atoms with Crippen molar-refractivity contribution in [2.45, 2.75) is 5.88 Å². The summed E-state index contributed by atoms with van der Waals surface area (Å²) in [5.41, 5.74) is 0.936. The van der Waals surface area contributed by atoms with Gasteiger partial charge in [-0.2, -0.15) is 0 Å². The van der Waals surface area contributed by atoms with Gasteiger partial charge in [0.1, 0.15) is 0 Å². The second kappa shape index (κ2) is 5.56. The molecule has 11 heavy (non-hydrogen) atoms. The minimum atomic E-state index is 0. The van der Waals surface area contributed by atoms with Crippen LogP contribution in [-0.4, -0.2) is 4.98 Å². The number of aromatic nitrogens is 1. The number of alkyl halides is 1. The Morgan fingerprint density at radius 3 is 2.73 bits per heavy atom. The van der Waals surface area contributed by atoms with Crippen LogP contribution in [0.5, 0.6) is 0 Å². The van der Waals surface area contributed by atoms with Crippen LogP contribution < -0.4 is 0 Å². The maximum absolute atomic E-state index is 5.60. The quantitative estimate of drug-likeness (QED) is 0.545. The second-order valence-electron chi connectivity index (χ2n) is 1.72. The molecule has 0 fully saturated rings. The van der Waals surface area contributed by atoms with Gasteiger partial charge in [-0.25, -0.2) is 0 Å². The van der Waals surface area contributed by atoms with Gasteiger partial charge in [0.15, 0.2) is 0 Å². The molecule has 1 rings (SSSR count). The summed E-state index contributed by atoms with van der Waals surface area (Å²) < 4.78 is 2.09. The number of pyridine rings is 1. The maximum atomic E-state index is 5.60. The summed E-state index contributed by atoms with van der Waals surface area (Å²) in [6.07, 6.45) is 1.75.